The van der Waals surface area contributed by atoms with Crippen LogP contribution < -0.4 is 21.7 Å². The molecule has 11 heteroatoms. The van der Waals surface area contributed by atoms with Gasteiger partial charge >= 0.3 is 5.97 Å². The van der Waals surface area contributed by atoms with E-state index in [9.17, 15) is 24.3 Å². The number of aromatic nitrogens is 1. The number of nitrogens with two attached hydrogens (primary N) is 1. The molecule has 5 atom stereocenters. The Kier molecular flexibility index (Phi) is 12.8. The molecule has 7 N–H and O–H groups in total. The second-order valence-electron chi connectivity index (χ2n) is 10.4. The Morgan fingerprint density at radius 2 is 1.67 bits per heavy atom. The molecule has 0 aliphatic carbocycles. The minimum atomic E-state index is -1.12. The van der Waals surface area contributed by atoms with Crippen molar-refractivity contribution in [2.24, 2.45) is 17.6 Å². The number of para-hydroxylation sites is 1. The van der Waals surface area contributed by atoms with Crippen LogP contribution in [0.25, 0.3) is 10.9 Å². The van der Waals surface area contributed by atoms with Crippen LogP contribution in [0.3, 0.4) is 0 Å². The molecule has 10 nitrogen and oxygen atoms in total. The summed E-state index contributed by atoms with van der Waals surface area (Å²) in [6, 6.07) is 3.94. The van der Waals surface area contributed by atoms with Crippen molar-refractivity contribution in [3.8, 4) is 0 Å². The summed E-state index contributed by atoms with van der Waals surface area (Å²) in [4.78, 5) is 54.4. The number of aromatic amines is 1. The summed E-state index contributed by atoms with van der Waals surface area (Å²) in [7, 11) is 0. The van der Waals surface area contributed by atoms with Gasteiger partial charge in [-0.15, -0.1) is 0 Å². The van der Waals surface area contributed by atoms with Crippen LogP contribution in [-0.2, 0) is 25.6 Å². The Balaban J connectivity index is 2.13. The van der Waals surface area contributed by atoms with Crippen molar-refractivity contribution in [1.82, 2.24) is 20.9 Å². The second-order valence-corrected chi connectivity index (χ2v) is 11.4. The molecule has 0 aliphatic heterocycles. The first-order chi connectivity index (χ1) is 18.5. The number of amides is 3. The van der Waals surface area contributed by atoms with Crippen molar-refractivity contribution in [3.05, 3.63) is 36.0 Å². The van der Waals surface area contributed by atoms with Crippen LogP contribution in [0.2, 0.25) is 0 Å². The highest BCUT2D eigenvalue weighted by Crippen LogP contribution is 2.19. The first kappa shape index (κ1) is 32.2. The summed E-state index contributed by atoms with van der Waals surface area (Å²) in [6.07, 6.45) is 5.21. The molecule has 3 amide bonds. The summed E-state index contributed by atoms with van der Waals surface area (Å²) in [6.45, 7) is 7.45. The molecule has 1 aromatic carbocycles. The lowest BCUT2D eigenvalue weighted by molar-refractivity contribution is -0.143. The maximum atomic E-state index is 13.4. The number of hydrogen-bond acceptors (Lipinski definition) is 6. The normalized spacial score (nSPS) is 15.3. The van der Waals surface area contributed by atoms with E-state index in [1.165, 1.54) is 11.8 Å². The van der Waals surface area contributed by atoms with Crippen LogP contribution in [0.1, 0.15) is 52.5 Å². The number of carboxylic acid groups (broad SMARTS) is 1. The van der Waals surface area contributed by atoms with E-state index in [0.29, 0.717) is 18.6 Å². The Hall–Kier alpha value is -3.05. The lowest BCUT2D eigenvalue weighted by Crippen LogP contribution is -2.59. The first-order valence-corrected chi connectivity index (χ1v) is 14.8. The Morgan fingerprint density at radius 1 is 1.00 bits per heavy atom. The van der Waals surface area contributed by atoms with Gasteiger partial charge in [-0.05, 0) is 54.7 Å². The molecule has 0 radical (unpaired) electrons. The molecular formula is C28H43N5O5S. The first-order valence-electron chi connectivity index (χ1n) is 13.4. The fraction of sp³-hybridized carbons (Fsp3) is 0.571. The van der Waals surface area contributed by atoms with E-state index in [0.717, 1.165) is 16.5 Å². The molecule has 0 spiro atoms. The highest BCUT2D eigenvalue weighted by Gasteiger charge is 2.33. The second kappa shape index (κ2) is 15.5. The minimum absolute atomic E-state index is 0.0580. The van der Waals surface area contributed by atoms with E-state index in [2.05, 4.69) is 20.9 Å². The van der Waals surface area contributed by atoms with Crippen molar-refractivity contribution in [3.63, 3.8) is 0 Å². The van der Waals surface area contributed by atoms with Gasteiger partial charge in [-0.2, -0.15) is 11.8 Å². The van der Waals surface area contributed by atoms with Crippen LogP contribution >= 0.6 is 11.8 Å². The average molecular weight is 562 g/mol. The molecule has 1 heterocycles. The smallest absolute Gasteiger partial charge is 0.326 e. The molecule has 2 aromatic rings. The van der Waals surface area contributed by atoms with Gasteiger partial charge in [0.25, 0.3) is 0 Å². The Morgan fingerprint density at radius 3 is 2.28 bits per heavy atom. The number of H-pyrrole nitrogens is 1. The maximum Gasteiger partial charge on any atom is 0.326 e. The summed E-state index contributed by atoms with van der Waals surface area (Å²) >= 11 is 1.53. The average Bonchev–Trinajstić information content (AvgIpc) is 3.30. The predicted molar refractivity (Wildman–Crippen MR) is 155 cm³/mol. The molecule has 5 unspecified atom stereocenters. The van der Waals surface area contributed by atoms with Gasteiger partial charge in [0, 0.05) is 17.1 Å². The number of carbonyl (C=O) groups is 4. The number of thioether (sulfide) groups is 1. The monoisotopic (exact) mass is 561 g/mol. The summed E-state index contributed by atoms with van der Waals surface area (Å²) < 4.78 is 0. The number of carbonyl (C=O) groups excluding carboxylic acids is 3. The van der Waals surface area contributed by atoms with Gasteiger partial charge in [0.2, 0.25) is 17.7 Å². The number of carboxylic acids is 1. The SMILES string of the molecule is CCC(C)C(NC(=O)C(CCSC)NC(=O)C(N)Cc1c[nH]c2ccccc12)C(=O)NC(CC(C)C)C(=O)O. The maximum absolute atomic E-state index is 13.4. The molecule has 0 fully saturated rings. The minimum Gasteiger partial charge on any atom is -0.480 e. The van der Waals surface area contributed by atoms with Crippen molar-refractivity contribution in [2.45, 2.75) is 77.5 Å². The van der Waals surface area contributed by atoms with Gasteiger partial charge in [0.1, 0.15) is 18.1 Å². The molecule has 2 rings (SSSR count). The summed E-state index contributed by atoms with van der Waals surface area (Å²) in [5.41, 5.74) is 8.09. The van der Waals surface area contributed by atoms with Crippen molar-refractivity contribution in [2.75, 3.05) is 12.0 Å². The van der Waals surface area contributed by atoms with Gasteiger partial charge < -0.3 is 31.8 Å². The van der Waals surface area contributed by atoms with Crippen LogP contribution in [0.5, 0.6) is 0 Å². The van der Waals surface area contributed by atoms with Gasteiger partial charge in [0.05, 0.1) is 6.04 Å². The highest BCUT2D eigenvalue weighted by molar-refractivity contribution is 7.98. The number of hydrogen-bond donors (Lipinski definition) is 6. The number of fused-ring (bicyclic) bond motifs is 1. The number of nitrogens with one attached hydrogen (secondary N) is 4. The topological polar surface area (TPSA) is 166 Å². The van der Waals surface area contributed by atoms with Crippen LogP contribution in [0.15, 0.2) is 30.5 Å². The Labute approximate surface area is 234 Å². The van der Waals surface area contributed by atoms with E-state index in [4.69, 9.17) is 5.73 Å². The zero-order valence-corrected chi connectivity index (χ0v) is 24.3. The molecule has 0 bridgehead atoms. The highest BCUT2D eigenvalue weighted by atomic mass is 32.2. The number of rotatable bonds is 16. The van der Waals surface area contributed by atoms with Crippen LogP contribution in [0, 0.1) is 11.8 Å². The van der Waals surface area contributed by atoms with Gasteiger partial charge in [-0.3, -0.25) is 14.4 Å². The van der Waals surface area contributed by atoms with Crippen molar-refractivity contribution in [1.29, 1.82) is 0 Å². The van der Waals surface area contributed by atoms with Gasteiger partial charge in [-0.1, -0.05) is 52.3 Å². The molecule has 0 aliphatic rings. The van der Waals surface area contributed by atoms with Crippen molar-refractivity contribution < 1.29 is 24.3 Å². The molecule has 39 heavy (non-hydrogen) atoms. The van der Waals surface area contributed by atoms with E-state index >= 15 is 0 Å². The third-order valence-electron chi connectivity index (χ3n) is 6.81. The quantitative estimate of drug-likeness (QED) is 0.183. The summed E-state index contributed by atoms with van der Waals surface area (Å²) in [5.74, 6) is -2.25. The van der Waals surface area contributed by atoms with Crippen molar-refractivity contribution >= 4 is 46.4 Å². The molecular weight excluding hydrogens is 518 g/mol. The van der Waals surface area contributed by atoms with E-state index in [-0.39, 0.29) is 24.7 Å². The van der Waals surface area contributed by atoms with Crippen LogP contribution in [0.4, 0.5) is 0 Å². The fourth-order valence-electron chi connectivity index (χ4n) is 4.32. The number of benzene rings is 1. The lowest BCUT2D eigenvalue weighted by Gasteiger charge is -2.28. The summed E-state index contributed by atoms with van der Waals surface area (Å²) in [5, 5.41) is 18.7. The standard InChI is InChI=1S/C28H43N5O5S/c1-6-17(4)24(27(36)32-23(28(37)38)13-16(2)3)33-26(35)22(11-12-39-5)31-25(34)20(29)14-18-15-30-21-10-8-7-9-19(18)21/h7-10,15-17,20,22-24,30H,6,11-14,29H2,1-5H3,(H,31,34)(H,32,36)(H,33,35)(H,37,38). The lowest BCUT2D eigenvalue weighted by atomic mass is 9.96. The van der Waals surface area contributed by atoms with E-state index in [1.54, 1.807) is 0 Å². The van der Waals surface area contributed by atoms with Gasteiger partial charge in [0.15, 0.2) is 0 Å². The predicted octanol–water partition coefficient (Wildman–Crippen LogP) is 2.42. The fourth-order valence-corrected chi connectivity index (χ4v) is 4.79. The Bertz CT molecular complexity index is 1120. The zero-order chi connectivity index (χ0) is 29.1. The van der Waals surface area contributed by atoms with E-state index in [1.807, 2.05) is 64.4 Å². The van der Waals surface area contributed by atoms with Gasteiger partial charge in [-0.25, -0.2) is 4.79 Å². The molecule has 1 aromatic heterocycles. The largest absolute Gasteiger partial charge is 0.480 e. The molecule has 0 saturated carbocycles. The third-order valence-corrected chi connectivity index (χ3v) is 7.45. The van der Waals surface area contributed by atoms with E-state index < -0.39 is 47.9 Å². The van der Waals surface area contributed by atoms with Crippen LogP contribution in [-0.4, -0.2) is 70.0 Å². The molecule has 0 saturated heterocycles. The number of aliphatic carboxylic acids is 1. The zero-order valence-electron chi connectivity index (χ0n) is 23.5. The third kappa shape index (κ3) is 9.58. The molecule has 216 valence electrons.